The van der Waals surface area contributed by atoms with Crippen molar-refractivity contribution in [2.75, 3.05) is 7.11 Å². The van der Waals surface area contributed by atoms with Crippen LogP contribution in [0.15, 0.2) is 96.1 Å². The van der Waals surface area contributed by atoms with Gasteiger partial charge >= 0.3 is 5.97 Å². The minimum atomic E-state index is -0.394. The standard InChI is InChI=1S/C30H24Cl2N2O5/c1-37-30(36)22-8-6-20(7-9-22)18-39-28-5-3-2-4-23(28)17-33-34-29(35)21-11-14-26(15-12-21)38-19-24-10-13-25(31)16-27(24)32/h2-17H,18-19H2,1H3,(H,34,35)/b33-17+. The first-order chi connectivity index (χ1) is 18.9. The highest BCUT2D eigenvalue weighted by Gasteiger charge is 2.08. The Kier molecular flexibility index (Phi) is 9.56. The molecule has 0 aliphatic rings. The van der Waals surface area contributed by atoms with Crippen molar-refractivity contribution in [1.82, 2.24) is 5.43 Å². The molecule has 0 saturated carbocycles. The average Bonchev–Trinajstić information content (AvgIpc) is 2.96. The van der Waals surface area contributed by atoms with E-state index in [1.54, 1.807) is 66.7 Å². The van der Waals surface area contributed by atoms with Gasteiger partial charge in [0.05, 0.1) is 18.9 Å². The number of ether oxygens (including phenoxy) is 3. The molecule has 0 spiro atoms. The number of hydrazone groups is 1. The molecule has 4 aromatic rings. The van der Waals surface area contributed by atoms with Crippen LogP contribution in [0, 0.1) is 0 Å². The van der Waals surface area contributed by atoms with Gasteiger partial charge < -0.3 is 14.2 Å². The molecule has 0 aliphatic carbocycles. The number of rotatable bonds is 10. The van der Waals surface area contributed by atoms with Crippen LogP contribution >= 0.6 is 23.2 Å². The van der Waals surface area contributed by atoms with E-state index in [0.29, 0.717) is 38.2 Å². The summed E-state index contributed by atoms with van der Waals surface area (Å²) in [5, 5.41) is 5.16. The molecule has 0 atom stereocenters. The van der Waals surface area contributed by atoms with Gasteiger partial charge in [0.2, 0.25) is 0 Å². The second kappa shape index (κ2) is 13.5. The van der Waals surface area contributed by atoms with Crippen molar-refractivity contribution in [3.05, 3.63) is 129 Å². The van der Waals surface area contributed by atoms with Crippen molar-refractivity contribution >= 4 is 41.3 Å². The zero-order chi connectivity index (χ0) is 27.6. The number of benzene rings is 4. The number of hydrogen-bond acceptors (Lipinski definition) is 6. The number of halogens is 2. The van der Waals surface area contributed by atoms with E-state index < -0.39 is 5.97 Å². The maximum atomic E-state index is 12.5. The summed E-state index contributed by atoms with van der Waals surface area (Å²) in [6, 6.07) is 26.2. The summed E-state index contributed by atoms with van der Waals surface area (Å²) in [4.78, 5) is 24.1. The summed E-state index contributed by atoms with van der Waals surface area (Å²) < 4.78 is 16.4. The van der Waals surface area contributed by atoms with Crippen LogP contribution in [0.1, 0.15) is 37.4 Å². The van der Waals surface area contributed by atoms with Gasteiger partial charge in [-0.05, 0) is 66.2 Å². The van der Waals surface area contributed by atoms with E-state index in [0.717, 1.165) is 11.1 Å². The van der Waals surface area contributed by atoms with Gasteiger partial charge in [0.15, 0.2) is 0 Å². The van der Waals surface area contributed by atoms with Crippen LogP contribution < -0.4 is 14.9 Å². The molecule has 198 valence electrons. The SMILES string of the molecule is COC(=O)c1ccc(COc2ccccc2/C=N/NC(=O)c2ccc(OCc3ccc(Cl)cc3Cl)cc2)cc1. The predicted octanol–water partition coefficient (Wildman–Crippen LogP) is 6.70. The Morgan fingerprint density at radius 2 is 1.56 bits per heavy atom. The number of nitrogens with zero attached hydrogens (tertiary/aromatic N) is 1. The van der Waals surface area contributed by atoms with Gasteiger partial charge in [0, 0.05) is 26.7 Å². The number of carbonyl (C=O) groups excluding carboxylic acids is 2. The van der Waals surface area contributed by atoms with Crippen molar-refractivity contribution in [3.8, 4) is 11.5 Å². The number of methoxy groups -OCH3 is 1. The van der Waals surface area contributed by atoms with Gasteiger partial charge in [-0.15, -0.1) is 0 Å². The summed E-state index contributed by atoms with van der Waals surface area (Å²) in [7, 11) is 1.34. The lowest BCUT2D eigenvalue weighted by Gasteiger charge is -2.10. The molecule has 0 fully saturated rings. The van der Waals surface area contributed by atoms with Crippen molar-refractivity contribution in [2.45, 2.75) is 13.2 Å². The Labute approximate surface area is 235 Å². The minimum absolute atomic E-state index is 0.270. The Hall–Kier alpha value is -4.33. The highest BCUT2D eigenvalue weighted by atomic mass is 35.5. The third-order valence-electron chi connectivity index (χ3n) is 5.58. The number of amides is 1. The van der Waals surface area contributed by atoms with Gasteiger partial charge in [-0.1, -0.05) is 53.5 Å². The first-order valence-corrected chi connectivity index (χ1v) is 12.6. The van der Waals surface area contributed by atoms with Crippen LogP contribution in [-0.4, -0.2) is 25.2 Å². The normalized spacial score (nSPS) is 10.7. The van der Waals surface area contributed by atoms with E-state index in [1.807, 2.05) is 24.3 Å². The van der Waals surface area contributed by atoms with E-state index in [4.69, 9.17) is 37.4 Å². The minimum Gasteiger partial charge on any atom is -0.489 e. The van der Waals surface area contributed by atoms with E-state index in [-0.39, 0.29) is 19.1 Å². The number of hydrogen-bond donors (Lipinski definition) is 1. The zero-order valence-corrected chi connectivity index (χ0v) is 22.4. The van der Waals surface area contributed by atoms with Crippen molar-refractivity contribution in [1.29, 1.82) is 0 Å². The maximum absolute atomic E-state index is 12.5. The fraction of sp³-hybridized carbons (Fsp3) is 0.100. The maximum Gasteiger partial charge on any atom is 0.337 e. The summed E-state index contributed by atoms with van der Waals surface area (Å²) in [5.74, 6) is 0.416. The molecule has 1 amide bonds. The molecule has 0 unspecified atom stereocenters. The molecule has 9 heteroatoms. The van der Waals surface area contributed by atoms with Gasteiger partial charge in [0.1, 0.15) is 24.7 Å². The summed E-state index contributed by atoms with van der Waals surface area (Å²) in [6.07, 6.45) is 1.51. The van der Waals surface area contributed by atoms with Crippen LogP contribution in [0.2, 0.25) is 10.0 Å². The quantitative estimate of drug-likeness (QED) is 0.132. The Balaban J connectivity index is 1.30. The largest absolute Gasteiger partial charge is 0.489 e. The highest BCUT2D eigenvalue weighted by Crippen LogP contribution is 2.23. The Bertz CT molecular complexity index is 1470. The molecular weight excluding hydrogens is 539 g/mol. The number of esters is 1. The van der Waals surface area contributed by atoms with Crippen LogP contribution in [-0.2, 0) is 18.0 Å². The molecule has 4 rings (SSSR count). The highest BCUT2D eigenvalue weighted by molar-refractivity contribution is 6.35. The van der Waals surface area contributed by atoms with E-state index in [2.05, 4.69) is 10.5 Å². The van der Waals surface area contributed by atoms with Crippen LogP contribution in [0.4, 0.5) is 0 Å². The monoisotopic (exact) mass is 562 g/mol. The third-order valence-corrected chi connectivity index (χ3v) is 6.17. The fourth-order valence-corrected chi connectivity index (χ4v) is 3.93. The van der Waals surface area contributed by atoms with E-state index in [1.165, 1.54) is 13.3 Å². The predicted molar refractivity (Wildman–Crippen MR) is 151 cm³/mol. The van der Waals surface area contributed by atoms with Crippen LogP contribution in [0.25, 0.3) is 0 Å². The molecule has 1 N–H and O–H groups in total. The fourth-order valence-electron chi connectivity index (χ4n) is 3.46. The molecule has 0 aromatic heterocycles. The second-order valence-corrected chi connectivity index (χ2v) is 9.11. The summed E-state index contributed by atoms with van der Waals surface area (Å²) in [6.45, 7) is 0.559. The Morgan fingerprint density at radius 3 is 2.28 bits per heavy atom. The molecule has 0 heterocycles. The molecule has 39 heavy (non-hydrogen) atoms. The van der Waals surface area contributed by atoms with Crippen LogP contribution in [0.3, 0.4) is 0 Å². The van der Waals surface area contributed by atoms with Gasteiger partial charge in [-0.2, -0.15) is 5.10 Å². The molecule has 0 radical (unpaired) electrons. The van der Waals surface area contributed by atoms with E-state index in [9.17, 15) is 9.59 Å². The zero-order valence-electron chi connectivity index (χ0n) is 20.9. The molecule has 0 saturated heterocycles. The molecular formula is C30H24Cl2N2O5. The van der Waals surface area contributed by atoms with Crippen molar-refractivity contribution in [3.63, 3.8) is 0 Å². The second-order valence-electron chi connectivity index (χ2n) is 8.26. The smallest absolute Gasteiger partial charge is 0.337 e. The average molecular weight is 563 g/mol. The number of nitrogens with one attached hydrogen (secondary N) is 1. The van der Waals surface area contributed by atoms with Crippen molar-refractivity contribution in [2.24, 2.45) is 5.10 Å². The number of carbonyl (C=O) groups is 2. The van der Waals surface area contributed by atoms with Crippen LogP contribution in [0.5, 0.6) is 11.5 Å². The van der Waals surface area contributed by atoms with Gasteiger partial charge in [-0.3, -0.25) is 4.79 Å². The lowest BCUT2D eigenvalue weighted by Crippen LogP contribution is -2.17. The van der Waals surface area contributed by atoms with Gasteiger partial charge in [0.25, 0.3) is 5.91 Å². The van der Waals surface area contributed by atoms with Gasteiger partial charge in [-0.25, -0.2) is 10.2 Å². The molecule has 0 aliphatic heterocycles. The summed E-state index contributed by atoms with van der Waals surface area (Å²) >= 11 is 12.1. The lowest BCUT2D eigenvalue weighted by molar-refractivity contribution is 0.0600. The number of para-hydroxylation sites is 1. The summed E-state index contributed by atoms with van der Waals surface area (Å²) in [5.41, 5.74) is 5.78. The third kappa shape index (κ3) is 7.83. The first-order valence-electron chi connectivity index (χ1n) is 11.8. The van der Waals surface area contributed by atoms with E-state index >= 15 is 0 Å². The Morgan fingerprint density at radius 1 is 0.846 bits per heavy atom. The van der Waals surface area contributed by atoms with Crippen molar-refractivity contribution < 1.29 is 23.8 Å². The molecule has 4 aromatic carbocycles. The molecule has 7 nitrogen and oxygen atoms in total. The topological polar surface area (TPSA) is 86.2 Å². The first kappa shape index (κ1) is 27.7. The lowest BCUT2D eigenvalue weighted by atomic mass is 10.1. The molecule has 0 bridgehead atoms.